The van der Waals surface area contributed by atoms with Gasteiger partial charge in [-0.2, -0.15) is 0 Å². The van der Waals surface area contributed by atoms with E-state index in [0.29, 0.717) is 5.75 Å². The highest BCUT2D eigenvalue weighted by Crippen LogP contribution is 2.29. The first-order valence-electron chi connectivity index (χ1n) is 4.04. The molecule has 0 aliphatic heterocycles. The first-order chi connectivity index (χ1) is 6.98. The van der Waals surface area contributed by atoms with Crippen molar-refractivity contribution in [1.29, 1.82) is 0 Å². The van der Waals surface area contributed by atoms with Gasteiger partial charge in [-0.1, -0.05) is 0 Å². The van der Waals surface area contributed by atoms with E-state index in [0.717, 1.165) is 0 Å². The van der Waals surface area contributed by atoms with Crippen LogP contribution in [0.2, 0.25) is 0 Å². The number of hydrogen-bond acceptors (Lipinski definition) is 5. The minimum atomic E-state index is -3.63. The Bertz CT molecular complexity index is 444. The number of ether oxygens (including phenoxy) is 2. The number of nitrogens with two attached hydrogens (primary N) is 1. The Labute approximate surface area is 88.1 Å². The number of aromatic nitrogens is 1. The largest absolute Gasteiger partial charge is 0.493 e. The van der Waals surface area contributed by atoms with E-state index in [2.05, 4.69) is 4.98 Å². The fourth-order valence-corrected chi connectivity index (χ4v) is 1.73. The molecule has 15 heavy (non-hydrogen) atoms. The number of methoxy groups -OCH3 is 2. The summed E-state index contributed by atoms with van der Waals surface area (Å²) in [5.74, 6) is 0.327. The van der Waals surface area contributed by atoms with E-state index >= 15 is 0 Å². The Kier molecular flexibility index (Phi) is 3.48. The second-order valence-electron chi connectivity index (χ2n) is 2.80. The molecule has 0 spiro atoms. The van der Waals surface area contributed by atoms with Crippen molar-refractivity contribution in [2.24, 2.45) is 5.14 Å². The van der Waals surface area contributed by atoms with Gasteiger partial charge in [-0.05, 0) is 0 Å². The van der Waals surface area contributed by atoms with Crippen LogP contribution in [-0.2, 0) is 15.8 Å². The zero-order valence-corrected chi connectivity index (χ0v) is 9.24. The molecule has 0 unspecified atom stereocenters. The summed E-state index contributed by atoms with van der Waals surface area (Å²) in [5.41, 5.74) is 0.236. The van der Waals surface area contributed by atoms with Crippen molar-refractivity contribution >= 4 is 10.0 Å². The third-order valence-electron chi connectivity index (χ3n) is 1.70. The SMILES string of the molecule is COc1ccnc(CS(N)(=O)=O)c1OC. The predicted octanol–water partition coefficient (Wildman–Crippen LogP) is -0.113. The van der Waals surface area contributed by atoms with Crippen molar-refractivity contribution in [3.05, 3.63) is 18.0 Å². The molecule has 0 saturated heterocycles. The molecule has 1 aromatic heterocycles. The summed E-state index contributed by atoms with van der Waals surface area (Å²) in [5, 5.41) is 4.92. The molecule has 0 amide bonds. The highest BCUT2D eigenvalue weighted by Gasteiger charge is 2.15. The minimum absolute atomic E-state index is 0.236. The predicted molar refractivity (Wildman–Crippen MR) is 54.2 cm³/mol. The van der Waals surface area contributed by atoms with Gasteiger partial charge in [0.2, 0.25) is 10.0 Å². The quantitative estimate of drug-likeness (QED) is 0.781. The molecule has 0 bridgehead atoms. The van der Waals surface area contributed by atoms with E-state index < -0.39 is 10.0 Å². The van der Waals surface area contributed by atoms with Crippen LogP contribution >= 0.6 is 0 Å². The lowest BCUT2D eigenvalue weighted by molar-refractivity contribution is 0.350. The molecule has 1 rings (SSSR count). The second-order valence-corrected chi connectivity index (χ2v) is 4.41. The van der Waals surface area contributed by atoms with Gasteiger partial charge >= 0.3 is 0 Å². The molecule has 1 aromatic rings. The third-order valence-corrected chi connectivity index (χ3v) is 2.38. The normalized spacial score (nSPS) is 11.1. The van der Waals surface area contributed by atoms with Crippen molar-refractivity contribution in [1.82, 2.24) is 4.98 Å². The average Bonchev–Trinajstić information content (AvgIpc) is 2.15. The van der Waals surface area contributed by atoms with Crippen LogP contribution in [-0.4, -0.2) is 27.6 Å². The Balaban J connectivity index is 3.18. The van der Waals surface area contributed by atoms with Crippen molar-refractivity contribution < 1.29 is 17.9 Å². The molecule has 0 atom stereocenters. The van der Waals surface area contributed by atoms with E-state index in [-0.39, 0.29) is 17.2 Å². The number of pyridine rings is 1. The number of rotatable bonds is 4. The van der Waals surface area contributed by atoms with Gasteiger partial charge in [-0.3, -0.25) is 4.98 Å². The lowest BCUT2D eigenvalue weighted by atomic mass is 10.3. The fourth-order valence-electron chi connectivity index (χ4n) is 1.14. The lowest BCUT2D eigenvalue weighted by Gasteiger charge is -2.10. The maximum absolute atomic E-state index is 10.9. The van der Waals surface area contributed by atoms with E-state index in [4.69, 9.17) is 14.6 Å². The van der Waals surface area contributed by atoms with Crippen LogP contribution in [0.1, 0.15) is 5.69 Å². The topological polar surface area (TPSA) is 91.5 Å². The summed E-state index contributed by atoms with van der Waals surface area (Å²) in [7, 11) is -0.767. The van der Waals surface area contributed by atoms with Gasteiger partial charge in [0.15, 0.2) is 11.5 Å². The average molecular weight is 232 g/mol. The summed E-state index contributed by atoms with van der Waals surface area (Å²) in [4.78, 5) is 3.88. The molecule has 84 valence electrons. The lowest BCUT2D eigenvalue weighted by Crippen LogP contribution is -2.16. The highest BCUT2D eigenvalue weighted by atomic mass is 32.2. The molecule has 6 nitrogen and oxygen atoms in total. The molecule has 0 aliphatic rings. The molecule has 2 N–H and O–H groups in total. The van der Waals surface area contributed by atoms with Gasteiger partial charge in [-0.25, -0.2) is 13.6 Å². The van der Waals surface area contributed by atoms with Crippen LogP contribution in [0, 0.1) is 0 Å². The first-order valence-corrected chi connectivity index (χ1v) is 5.76. The molecule has 0 aliphatic carbocycles. The standard InChI is InChI=1S/C8H12N2O4S/c1-13-7-3-4-10-6(8(7)14-2)5-15(9,11)12/h3-4H,5H2,1-2H3,(H2,9,11,12). The van der Waals surface area contributed by atoms with Gasteiger partial charge in [-0.15, -0.1) is 0 Å². The maximum Gasteiger partial charge on any atom is 0.214 e. The maximum atomic E-state index is 10.9. The molecule has 0 fully saturated rings. The molecule has 7 heteroatoms. The monoisotopic (exact) mass is 232 g/mol. The number of primary sulfonamides is 1. The smallest absolute Gasteiger partial charge is 0.214 e. The van der Waals surface area contributed by atoms with Crippen LogP contribution < -0.4 is 14.6 Å². The number of nitrogens with zero attached hydrogens (tertiary/aromatic N) is 1. The Morgan fingerprint density at radius 1 is 1.40 bits per heavy atom. The van der Waals surface area contributed by atoms with Gasteiger partial charge < -0.3 is 9.47 Å². The van der Waals surface area contributed by atoms with E-state index in [1.165, 1.54) is 20.4 Å². The Hall–Kier alpha value is -1.34. The van der Waals surface area contributed by atoms with Crippen LogP contribution in [0.15, 0.2) is 12.3 Å². The molecular weight excluding hydrogens is 220 g/mol. The summed E-state index contributed by atoms with van der Waals surface area (Å²) >= 11 is 0. The summed E-state index contributed by atoms with van der Waals surface area (Å²) in [6.45, 7) is 0. The van der Waals surface area contributed by atoms with Crippen molar-refractivity contribution in [2.45, 2.75) is 5.75 Å². The minimum Gasteiger partial charge on any atom is -0.493 e. The van der Waals surface area contributed by atoms with Gasteiger partial charge in [0.1, 0.15) is 11.4 Å². The fraction of sp³-hybridized carbons (Fsp3) is 0.375. The Morgan fingerprint density at radius 3 is 2.53 bits per heavy atom. The number of sulfonamides is 1. The second kappa shape index (κ2) is 4.45. The summed E-state index contributed by atoms with van der Waals surface area (Å²) in [6, 6.07) is 1.57. The Morgan fingerprint density at radius 2 is 2.07 bits per heavy atom. The highest BCUT2D eigenvalue weighted by molar-refractivity contribution is 7.88. The third kappa shape index (κ3) is 3.07. The van der Waals surface area contributed by atoms with Crippen LogP contribution in [0.3, 0.4) is 0 Å². The summed E-state index contributed by atoms with van der Waals surface area (Å²) < 4.78 is 31.8. The van der Waals surface area contributed by atoms with Crippen LogP contribution in [0.4, 0.5) is 0 Å². The number of hydrogen-bond donors (Lipinski definition) is 1. The van der Waals surface area contributed by atoms with Crippen molar-refractivity contribution in [2.75, 3.05) is 14.2 Å². The molecule has 1 heterocycles. The summed E-state index contributed by atoms with van der Waals surface area (Å²) in [6.07, 6.45) is 1.43. The van der Waals surface area contributed by atoms with Crippen molar-refractivity contribution in [3.8, 4) is 11.5 Å². The van der Waals surface area contributed by atoms with Gasteiger partial charge in [0.05, 0.1) is 14.2 Å². The van der Waals surface area contributed by atoms with Crippen molar-refractivity contribution in [3.63, 3.8) is 0 Å². The van der Waals surface area contributed by atoms with E-state index in [9.17, 15) is 8.42 Å². The molecule has 0 saturated carbocycles. The zero-order valence-electron chi connectivity index (χ0n) is 8.43. The molecular formula is C8H12N2O4S. The van der Waals surface area contributed by atoms with Gasteiger partial charge in [0.25, 0.3) is 0 Å². The van der Waals surface area contributed by atoms with E-state index in [1.807, 2.05) is 0 Å². The van der Waals surface area contributed by atoms with Crippen LogP contribution in [0.25, 0.3) is 0 Å². The van der Waals surface area contributed by atoms with Gasteiger partial charge in [0, 0.05) is 12.3 Å². The molecule has 0 radical (unpaired) electrons. The zero-order chi connectivity index (χ0) is 11.5. The first kappa shape index (κ1) is 11.7. The van der Waals surface area contributed by atoms with Crippen LogP contribution in [0.5, 0.6) is 11.5 Å². The molecule has 0 aromatic carbocycles. The van der Waals surface area contributed by atoms with E-state index in [1.54, 1.807) is 6.07 Å².